The Morgan fingerprint density at radius 1 is 0.298 bits per heavy atom. The van der Waals surface area contributed by atoms with Gasteiger partial charge in [-0.1, -0.05) is 115 Å². The lowest BCUT2D eigenvalue weighted by Crippen LogP contribution is -1.99. The first-order chi connectivity index (χ1) is 23.3. The summed E-state index contributed by atoms with van der Waals surface area (Å²) in [7, 11) is 0. The number of fused-ring (bicyclic) bond motifs is 8. The highest BCUT2D eigenvalue weighted by Crippen LogP contribution is 2.42. The zero-order valence-corrected chi connectivity index (χ0v) is 25.6. The van der Waals surface area contributed by atoms with E-state index in [1.165, 1.54) is 65.6 Å². The monoisotopic (exact) mass is 599 g/mol. The fraction of sp³-hybridized carbons (Fsp3) is 0. The van der Waals surface area contributed by atoms with E-state index in [0.29, 0.717) is 0 Å². The van der Waals surface area contributed by atoms with E-state index in [9.17, 15) is 0 Å². The van der Waals surface area contributed by atoms with Gasteiger partial charge in [-0.3, -0.25) is 0 Å². The molecular weight excluding hydrogens is 571 g/mol. The Balaban J connectivity index is 1.27. The molecular formula is C44H29N3. The molecule has 0 aliphatic heterocycles. The standard InChI is InChI=1S/C44H29N3/c1-3-13-30(14-4-1)39-29-45(31-15-5-2-6-16-31)43-38(39)28-27-37-36-19-9-12-22-42(36)47(44(37)43)33-25-23-32(24-26-33)46-40-20-10-7-17-34(40)35-18-8-11-21-41(35)46/h1-29H. The van der Waals surface area contributed by atoms with E-state index in [-0.39, 0.29) is 0 Å². The Labute approximate surface area is 271 Å². The third-order valence-corrected chi connectivity index (χ3v) is 9.66. The van der Waals surface area contributed by atoms with E-state index < -0.39 is 0 Å². The van der Waals surface area contributed by atoms with Gasteiger partial charge in [-0.15, -0.1) is 0 Å². The Bertz CT molecular complexity index is 2710. The van der Waals surface area contributed by atoms with Crippen molar-refractivity contribution in [1.29, 1.82) is 0 Å². The number of hydrogen-bond donors (Lipinski definition) is 0. The van der Waals surface area contributed by atoms with Gasteiger partial charge >= 0.3 is 0 Å². The summed E-state index contributed by atoms with van der Waals surface area (Å²) in [6.45, 7) is 0. The predicted molar refractivity (Wildman–Crippen MR) is 197 cm³/mol. The highest BCUT2D eigenvalue weighted by Gasteiger charge is 2.21. The van der Waals surface area contributed by atoms with E-state index in [1.807, 2.05) is 0 Å². The van der Waals surface area contributed by atoms with Crippen molar-refractivity contribution in [3.05, 3.63) is 176 Å². The number of aromatic nitrogens is 3. The molecule has 10 aromatic rings. The minimum atomic E-state index is 1.13. The van der Waals surface area contributed by atoms with Crippen molar-refractivity contribution in [2.24, 2.45) is 0 Å². The molecule has 0 N–H and O–H groups in total. The first-order valence-corrected chi connectivity index (χ1v) is 16.1. The van der Waals surface area contributed by atoms with Gasteiger partial charge in [-0.2, -0.15) is 0 Å². The molecule has 0 fully saturated rings. The fourth-order valence-corrected chi connectivity index (χ4v) is 7.62. The number of para-hydroxylation sites is 4. The van der Waals surface area contributed by atoms with Gasteiger partial charge in [-0.05, 0) is 60.2 Å². The van der Waals surface area contributed by atoms with Crippen LogP contribution in [0.5, 0.6) is 0 Å². The second-order valence-corrected chi connectivity index (χ2v) is 12.2. The van der Waals surface area contributed by atoms with Gasteiger partial charge in [0.1, 0.15) is 0 Å². The molecule has 0 saturated carbocycles. The number of hydrogen-bond acceptors (Lipinski definition) is 0. The summed E-state index contributed by atoms with van der Waals surface area (Å²) in [4.78, 5) is 0. The van der Waals surface area contributed by atoms with Crippen LogP contribution in [0, 0.1) is 0 Å². The largest absolute Gasteiger partial charge is 0.314 e. The molecule has 0 unspecified atom stereocenters. The summed E-state index contributed by atoms with van der Waals surface area (Å²) in [6, 6.07) is 61.3. The minimum Gasteiger partial charge on any atom is -0.314 e. The summed E-state index contributed by atoms with van der Waals surface area (Å²) in [6.07, 6.45) is 2.31. The molecule has 220 valence electrons. The lowest BCUT2D eigenvalue weighted by atomic mass is 10.0. The fourth-order valence-electron chi connectivity index (χ4n) is 7.62. The number of benzene rings is 7. The van der Waals surface area contributed by atoms with Gasteiger partial charge in [0, 0.05) is 55.8 Å². The smallest absolute Gasteiger partial charge is 0.0788 e. The molecule has 3 heteroatoms. The average molecular weight is 600 g/mol. The summed E-state index contributed by atoms with van der Waals surface area (Å²) < 4.78 is 7.21. The molecule has 0 spiro atoms. The molecule has 0 aliphatic carbocycles. The highest BCUT2D eigenvalue weighted by molar-refractivity contribution is 6.20. The zero-order valence-electron chi connectivity index (χ0n) is 25.6. The summed E-state index contributed by atoms with van der Waals surface area (Å²) >= 11 is 0. The molecule has 47 heavy (non-hydrogen) atoms. The lowest BCUT2D eigenvalue weighted by Gasteiger charge is -2.13. The van der Waals surface area contributed by atoms with E-state index in [0.717, 1.165) is 17.1 Å². The Hall–Kier alpha value is -6.32. The van der Waals surface area contributed by atoms with Gasteiger partial charge in [0.05, 0.1) is 27.6 Å². The molecule has 10 rings (SSSR count). The van der Waals surface area contributed by atoms with Crippen molar-refractivity contribution >= 4 is 54.5 Å². The van der Waals surface area contributed by atoms with Crippen molar-refractivity contribution in [3.63, 3.8) is 0 Å². The number of rotatable bonds is 4. The van der Waals surface area contributed by atoms with Crippen LogP contribution in [0.1, 0.15) is 0 Å². The molecule has 0 aliphatic rings. The third-order valence-electron chi connectivity index (χ3n) is 9.66. The van der Waals surface area contributed by atoms with E-state index in [2.05, 4.69) is 190 Å². The summed E-state index contributed by atoms with van der Waals surface area (Å²) in [5.41, 5.74) is 11.9. The summed E-state index contributed by atoms with van der Waals surface area (Å²) in [5, 5.41) is 6.27. The average Bonchev–Trinajstić information content (AvgIpc) is 3.81. The predicted octanol–water partition coefficient (Wildman–Crippen LogP) is 11.5. The Morgan fingerprint density at radius 2 is 0.766 bits per heavy atom. The van der Waals surface area contributed by atoms with Crippen molar-refractivity contribution in [2.75, 3.05) is 0 Å². The molecule has 3 heterocycles. The molecule has 0 saturated heterocycles. The lowest BCUT2D eigenvalue weighted by molar-refractivity contribution is 1.11. The van der Waals surface area contributed by atoms with Crippen LogP contribution in [-0.4, -0.2) is 13.7 Å². The van der Waals surface area contributed by atoms with Crippen LogP contribution in [0.15, 0.2) is 176 Å². The molecule has 3 aromatic heterocycles. The summed E-state index contributed by atoms with van der Waals surface area (Å²) in [5.74, 6) is 0. The first kappa shape index (κ1) is 26.0. The highest BCUT2D eigenvalue weighted by atomic mass is 15.0. The van der Waals surface area contributed by atoms with Crippen LogP contribution >= 0.6 is 0 Å². The topological polar surface area (TPSA) is 14.8 Å². The van der Waals surface area contributed by atoms with Crippen LogP contribution in [0.25, 0.3) is 82.7 Å². The SMILES string of the molecule is c1ccc(-c2cn(-c3ccccc3)c3c2ccc2c4ccccc4n(-c4ccc(-n5c6ccccc6c6ccccc65)cc4)c23)cc1. The Morgan fingerprint density at radius 3 is 1.38 bits per heavy atom. The van der Waals surface area contributed by atoms with Gasteiger partial charge in [0.2, 0.25) is 0 Å². The van der Waals surface area contributed by atoms with Crippen molar-refractivity contribution in [2.45, 2.75) is 0 Å². The second-order valence-electron chi connectivity index (χ2n) is 12.2. The van der Waals surface area contributed by atoms with Crippen LogP contribution in [0.2, 0.25) is 0 Å². The van der Waals surface area contributed by atoms with Crippen molar-refractivity contribution < 1.29 is 0 Å². The molecule has 0 atom stereocenters. The van der Waals surface area contributed by atoms with Gasteiger partial charge in [-0.25, -0.2) is 0 Å². The first-order valence-electron chi connectivity index (χ1n) is 16.1. The quantitative estimate of drug-likeness (QED) is 0.191. The van der Waals surface area contributed by atoms with Crippen LogP contribution in [0.3, 0.4) is 0 Å². The molecule has 3 nitrogen and oxygen atoms in total. The molecule has 0 bridgehead atoms. The molecule has 7 aromatic carbocycles. The van der Waals surface area contributed by atoms with Crippen molar-refractivity contribution in [1.82, 2.24) is 13.7 Å². The van der Waals surface area contributed by atoms with Gasteiger partial charge < -0.3 is 13.7 Å². The Kier molecular flexibility index (Phi) is 5.57. The zero-order chi connectivity index (χ0) is 30.9. The van der Waals surface area contributed by atoms with Crippen LogP contribution in [-0.2, 0) is 0 Å². The molecule has 0 radical (unpaired) electrons. The number of nitrogens with zero attached hydrogens (tertiary/aromatic N) is 3. The van der Waals surface area contributed by atoms with Crippen LogP contribution < -0.4 is 0 Å². The third kappa shape index (κ3) is 3.81. The molecule has 0 amide bonds. The maximum atomic E-state index is 2.46. The normalized spacial score (nSPS) is 11.8. The van der Waals surface area contributed by atoms with Gasteiger partial charge in [0.15, 0.2) is 0 Å². The second kappa shape index (κ2) is 10.1. The van der Waals surface area contributed by atoms with Crippen LogP contribution in [0.4, 0.5) is 0 Å². The maximum Gasteiger partial charge on any atom is 0.0788 e. The van der Waals surface area contributed by atoms with E-state index in [1.54, 1.807) is 0 Å². The van der Waals surface area contributed by atoms with E-state index in [4.69, 9.17) is 0 Å². The maximum absolute atomic E-state index is 2.46. The van der Waals surface area contributed by atoms with Crippen molar-refractivity contribution in [3.8, 4) is 28.2 Å². The minimum absolute atomic E-state index is 1.13. The van der Waals surface area contributed by atoms with Gasteiger partial charge in [0.25, 0.3) is 0 Å². The van der Waals surface area contributed by atoms with E-state index >= 15 is 0 Å².